The highest BCUT2D eigenvalue weighted by Crippen LogP contribution is 2.10. The highest BCUT2D eigenvalue weighted by Gasteiger charge is 2.00. The molecule has 4 nitrogen and oxygen atoms in total. The maximum Gasteiger partial charge on any atom is 0.220 e. The molecule has 0 heterocycles. The first kappa shape index (κ1) is 21.4. The minimum atomic E-state index is 0.189. The van der Waals surface area contributed by atoms with Crippen LogP contribution in [-0.2, 0) is 9.53 Å². The van der Waals surface area contributed by atoms with Gasteiger partial charge in [-0.1, -0.05) is 58.3 Å². The Bertz CT molecular complexity index is 235. The second-order valence-corrected chi connectivity index (χ2v) is 5.88. The van der Waals surface area contributed by atoms with Crippen molar-refractivity contribution >= 4 is 5.91 Å². The van der Waals surface area contributed by atoms with Gasteiger partial charge in [-0.05, 0) is 13.3 Å². The minimum absolute atomic E-state index is 0.189. The summed E-state index contributed by atoms with van der Waals surface area (Å²) < 4.78 is 5.22. The lowest BCUT2D eigenvalue weighted by Gasteiger charge is -2.07. The molecule has 0 saturated heterocycles. The van der Waals surface area contributed by atoms with E-state index < -0.39 is 0 Å². The van der Waals surface area contributed by atoms with Crippen molar-refractivity contribution in [2.45, 2.75) is 78.1 Å². The van der Waals surface area contributed by atoms with Crippen molar-refractivity contribution in [3.63, 3.8) is 0 Å². The average Bonchev–Trinajstić information content (AvgIpc) is 2.52. The van der Waals surface area contributed by atoms with Crippen LogP contribution in [0.25, 0.3) is 0 Å². The van der Waals surface area contributed by atoms with Crippen molar-refractivity contribution in [2.75, 3.05) is 32.8 Å². The monoisotopic (exact) mass is 314 g/mol. The van der Waals surface area contributed by atoms with Crippen LogP contribution in [0.4, 0.5) is 0 Å². The van der Waals surface area contributed by atoms with Gasteiger partial charge < -0.3 is 15.4 Å². The van der Waals surface area contributed by atoms with Crippen LogP contribution in [0.5, 0.6) is 0 Å². The summed E-state index contributed by atoms with van der Waals surface area (Å²) in [7, 11) is 0. The van der Waals surface area contributed by atoms with Gasteiger partial charge in [-0.25, -0.2) is 0 Å². The van der Waals surface area contributed by atoms with Crippen LogP contribution in [-0.4, -0.2) is 38.8 Å². The number of unbranched alkanes of at least 4 members (excludes halogenated alkanes) is 8. The van der Waals surface area contributed by atoms with Crippen molar-refractivity contribution in [1.82, 2.24) is 10.6 Å². The zero-order valence-corrected chi connectivity index (χ0v) is 14.9. The fraction of sp³-hybridized carbons (Fsp3) is 0.944. The molecule has 1 amide bonds. The molecule has 0 aromatic carbocycles. The van der Waals surface area contributed by atoms with Gasteiger partial charge in [0.1, 0.15) is 0 Å². The smallest absolute Gasteiger partial charge is 0.220 e. The summed E-state index contributed by atoms with van der Waals surface area (Å²) >= 11 is 0. The van der Waals surface area contributed by atoms with E-state index in [0.717, 1.165) is 32.7 Å². The first-order chi connectivity index (χ1) is 10.8. The first-order valence-corrected chi connectivity index (χ1v) is 9.36. The largest absolute Gasteiger partial charge is 0.380 e. The number of ether oxygens (including phenoxy) is 1. The number of rotatable bonds is 17. The third-order valence-electron chi connectivity index (χ3n) is 3.76. The van der Waals surface area contributed by atoms with E-state index in [-0.39, 0.29) is 5.91 Å². The number of nitrogens with one attached hydrogen (secondary N) is 2. The van der Waals surface area contributed by atoms with Crippen molar-refractivity contribution in [2.24, 2.45) is 0 Å². The molecule has 0 saturated carbocycles. The lowest BCUT2D eigenvalue weighted by atomic mass is 10.1. The topological polar surface area (TPSA) is 50.4 Å². The number of hydrogen-bond donors (Lipinski definition) is 2. The van der Waals surface area contributed by atoms with Crippen molar-refractivity contribution in [3.05, 3.63) is 0 Å². The highest BCUT2D eigenvalue weighted by molar-refractivity contribution is 5.75. The summed E-state index contributed by atoms with van der Waals surface area (Å²) in [6, 6.07) is 0. The van der Waals surface area contributed by atoms with Gasteiger partial charge in [0.15, 0.2) is 0 Å². The molecule has 0 spiro atoms. The molecular weight excluding hydrogens is 276 g/mol. The van der Waals surface area contributed by atoms with Crippen LogP contribution in [0.3, 0.4) is 0 Å². The zero-order chi connectivity index (χ0) is 16.3. The fourth-order valence-corrected chi connectivity index (χ4v) is 2.39. The van der Waals surface area contributed by atoms with Gasteiger partial charge in [0, 0.05) is 32.7 Å². The Morgan fingerprint density at radius 2 is 1.45 bits per heavy atom. The summed E-state index contributed by atoms with van der Waals surface area (Å²) in [5.41, 5.74) is 0. The molecule has 0 bridgehead atoms. The standard InChI is InChI=1S/C18H38N2O2/c1-3-5-6-7-8-9-10-11-12-13-18(21)20-15-14-19-16-17-22-4-2/h19H,3-17H2,1-2H3,(H,20,21). The average molecular weight is 315 g/mol. The Balaban J connectivity index is 3.13. The highest BCUT2D eigenvalue weighted by atomic mass is 16.5. The molecule has 0 aromatic rings. The van der Waals surface area contributed by atoms with Crippen LogP contribution in [0.1, 0.15) is 78.1 Å². The van der Waals surface area contributed by atoms with Gasteiger partial charge in [-0.15, -0.1) is 0 Å². The lowest BCUT2D eigenvalue weighted by Crippen LogP contribution is -2.33. The summed E-state index contributed by atoms with van der Waals surface area (Å²) in [6.45, 7) is 8.12. The predicted octanol–water partition coefficient (Wildman–Crippen LogP) is 3.65. The van der Waals surface area contributed by atoms with Crippen LogP contribution in [0, 0.1) is 0 Å². The van der Waals surface area contributed by atoms with Crippen LogP contribution >= 0.6 is 0 Å². The van der Waals surface area contributed by atoms with Gasteiger partial charge in [0.2, 0.25) is 5.91 Å². The maximum atomic E-state index is 11.6. The van der Waals surface area contributed by atoms with Gasteiger partial charge in [-0.2, -0.15) is 0 Å². The van der Waals surface area contributed by atoms with E-state index in [1.165, 1.54) is 51.4 Å². The molecule has 22 heavy (non-hydrogen) atoms. The molecule has 0 fully saturated rings. The minimum Gasteiger partial charge on any atom is -0.380 e. The Labute approximate surface area is 137 Å². The molecule has 0 rings (SSSR count). The third kappa shape index (κ3) is 17.4. The van der Waals surface area contributed by atoms with E-state index in [1.807, 2.05) is 6.92 Å². The number of amides is 1. The lowest BCUT2D eigenvalue weighted by molar-refractivity contribution is -0.121. The summed E-state index contributed by atoms with van der Waals surface area (Å²) in [4.78, 5) is 11.6. The van der Waals surface area contributed by atoms with Crippen molar-refractivity contribution in [1.29, 1.82) is 0 Å². The molecule has 0 atom stereocenters. The van der Waals surface area contributed by atoms with Crippen LogP contribution < -0.4 is 10.6 Å². The van der Waals surface area contributed by atoms with E-state index in [0.29, 0.717) is 13.0 Å². The predicted molar refractivity (Wildman–Crippen MR) is 94.2 cm³/mol. The van der Waals surface area contributed by atoms with Crippen LogP contribution in [0.15, 0.2) is 0 Å². The van der Waals surface area contributed by atoms with E-state index in [4.69, 9.17) is 4.74 Å². The molecule has 0 aromatic heterocycles. The molecular formula is C18H38N2O2. The Morgan fingerprint density at radius 1 is 0.818 bits per heavy atom. The van der Waals surface area contributed by atoms with Gasteiger partial charge >= 0.3 is 0 Å². The Morgan fingerprint density at radius 3 is 2.09 bits per heavy atom. The van der Waals surface area contributed by atoms with Crippen molar-refractivity contribution in [3.8, 4) is 0 Å². The fourth-order valence-electron chi connectivity index (χ4n) is 2.39. The molecule has 0 aliphatic carbocycles. The molecule has 2 N–H and O–H groups in total. The van der Waals surface area contributed by atoms with E-state index >= 15 is 0 Å². The summed E-state index contributed by atoms with van der Waals surface area (Å²) in [5, 5.41) is 6.20. The molecule has 132 valence electrons. The van der Waals surface area contributed by atoms with E-state index in [1.54, 1.807) is 0 Å². The van der Waals surface area contributed by atoms with E-state index in [2.05, 4.69) is 17.6 Å². The number of hydrogen-bond acceptors (Lipinski definition) is 3. The third-order valence-corrected chi connectivity index (χ3v) is 3.76. The quantitative estimate of drug-likeness (QED) is 0.403. The zero-order valence-electron chi connectivity index (χ0n) is 14.9. The van der Waals surface area contributed by atoms with Crippen LogP contribution in [0.2, 0.25) is 0 Å². The Kier molecular flexibility index (Phi) is 17.9. The first-order valence-electron chi connectivity index (χ1n) is 9.36. The second-order valence-electron chi connectivity index (χ2n) is 5.88. The molecule has 0 unspecified atom stereocenters. The molecule has 0 aliphatic heterocycles. The second kappa shape index (κ2) is 18.4. The van der Waals surface area contributed by atoms with Gasteiger partial charge in [0.05, 0.1) is 6.61 Å². The Hall–Kier alpha value is -0.610. The summed E-state index contributed by atoms with van der Waals surface area (Å²) in [5.74, 6) is 0.189. The number of carbonyl (C=O) groups is 1. The molecule has 0 radical (unpaired) electrons. The molecule has 0 aliphatic rings. The summed E-state index contributed by atoms with van der Waals surface area (Å²) in [6.07, 6.45) is 12.3. The normalized spacial score (nSPS) is 10.8. The van der Waals surface area contributed by atoms with E-state index in [9.17, 15) is 4.79 Å². The maximum absolute atomic E-state index is 11.6. The molecule has 4 heteroatoms. The van der Waals surface area contributed by atoms with Crippen molar-refractivity contribution < 1.29 is 9.53 Å². The van der Waals surface area contributed by atoms with Gasteiger partial charge in [-0.3, -0.25) is 4.79 Å². The SMILES string of the molecule is CCCCCCCCCCCC(=O)NCCNCCOCC. The number of carbonyl (C=O) groups excluding carboxylic acids is 1. The van der Waals surface area contributed by atoms with Gasteiger partial charge in [0.25, 0.3) is 0 Å².